The molecule has 0 aliphatic carbocycles. The maximum absolute atomic E-state index is 12.7. The number of nitrogens with one attached hydrogen (secondary N) is 1. The van der Waals surface area contributed by atoms with Gasteiger partial charge in [0.15, 0.2) is 0 Å². The fraction of sp³-hybridized carbons (Fsp3) is 0.111. The van der Waals surface area contributed by atoms with Crippen molar-refractivity contribution < 1.29 is 4.39 Å². The van der Waals surface area contributed by atoms with Crippen LogP contribution in [-0.4, -0.2) is 0 Å². The van der Waals surface area contributed by atoms with Gasteiger partial charge in [-0.3, -0.25) is 5.84 Å². The van der Waals surface area contributed by atoms with Crippen molar-refractivity contribution in [1.29, 1.82) is 0 Å². The molecule has 0 saturated heterocycles. The summed E-state index contributed by atoms with van der Waals surface area (Å²) in [7, 11) is 0. The molecule has 0 fully saturated rings. The lowest BCUT2D eigenvalue weighted by atomic mass is 10.1. The first-order valence-electron chi connectivity index (χ1n) is 3.72. The molecule has 1 atom stereocenters. The van der Waals surface area contributed by atoms with E-state index in [2.05, 4.69) is 34.6 Å². The van der Waals surface area contributed by atoms with Crippen LogP contribution in [-0.2, 0) is 0 Å². The van der Waals surface area contributed by atoms with Crippen LogP contribution < -0.4 is 11.3 Å². The van der Waals surface area contributed by atoms with Gasteiger partial charge >= 0.3 is 0 Å². The van der Waals surface area contributed by atoms with Gasteiger partial charge in [0.2, 0.25) is 0 Å². The molecule has 0 saturated carbocycles. The zero-order valence-electron chi connectivity index (χ0n) is 6.93. The van der Waals surface area contributed by atoms with Gasteiger partial charge in [0.1, 0.15) is 5.82 Å². The van der Waals surface area contributed by atoms with Gasteiger partial charge in [0, 0.05) is 3.57 Å². The topological polar surface area (TPSA) is 38.0 Å². The number of nitrogens with two attached hydrogens (primary N) is 1. The van der Waals surface area contributed by atoms with Crippen molar-refractivity contribution in [2.75, 3.05) is 0 Å². The van der Waals surface area contributed by atoms with E-state index in [9.17, 15) is 4.39 Å². The van der Waals surface area contributed by atoms with Crippen LogP contribution in [0.4, 0.5) is 4.39 Å². The molecule has 0 bridgehead atoms. The predicted molar refractivity (Wildman–Crippen MR) is 59.4 cm³/mol. The molecule has 3 N–H and O–H groups in total. The van der Waals surface area contributed by atoms with Crippen LogP contribution in [0, 0.1) is 9.39 Å². The van der Waals surface area contributed by atoms with Gasteiger partial charge in [-0.05, 0) is 40.3 Å². The molecule has 0 aliphatic rings. The highest BCUT2D eigenvalue weighted by atomic mass is 127. The summed E-state index contributed by atoms with van der Waals surface area (Å²) in [6.45, 7) is 3.63. The SMILES string of the molecule is C=CC(NN)c1ccc(F)cc1I. The lowest BCUT2D eigenvalue weighted by molar-refractivity contribution is 0.618. The molecule has 70 valence electrons. The number of hydrogen-bond donors (Lipinski definition) is 2. The number of benzene rings is 1. The van der Waals surface area contributed by atoms with Crippen LogP contribution in [0.2, 0.25) is 0 Å². The average Bonchev–Trinajstić information content (AvgIpc) is 2.10. The highest BCUT2D eigenvalue weighted by Gasteiger charge is 2.09. The standard InChI is InChI=1S/C9H10FIN2/c1-2-9(13-12)7-4-3-6(10)5-8(7)11/h2-5,9,13H,1,12H2. The minimum absolute atomic E-state index is 0.132. The van der Waals surface area contributed by atoms with Crippen molar-refractivity contribution in [3.63, 3.8) is 0 Å². The summed E-state index contributed by atoms with van der Waals surface area (Å²) in [6.07, 6.45) is 1.68. The third-order valence-corrected chi connectivity index (χ3v) is 2.65. The lowest BCUT2D eigenvalue weighted by Gasteiger charge is -2.12. The Balaban J connectivity index is 3.06. The van der Waals surface area contributed by atoms with Crippen LogP contribution >= 0.6 is 22.6 Å². The van der Waals surface area contributed by atoms with Crippen molar-refractivity contribution in [1.82, 2.24) is 5.43 Å². The van der Waals surface area contributed by atoms with E-state index in [0.29, 0.717) is 0 Å². The first kappa shape index (κ1) is 10.6. The maximum Gasteiger partial charge on any atom is 0.124 e. The number of hydrazine groups is 1. The third kappa shape index (κ3) is 2.49. The summed E-state index contributed by atoms with van der Waals surface area (Å²) in [5.74, 6) is 5.06. The fourth-order valence-corrected chi connectivity index (χ4v) is 1.85. The fourth-order valence-electron chi connectivity index (χ4n) is 1.04. The highest BCUT2D eigenvalue weighted by molar-refractivity contribution is 14.1. The Kier molecular flexibility index (Phi) is 3.83. The second kappa shape index (κ2) is 4.69. The van der Waals surface area contributed by atoms with Crippen LogP contribution in [0.1, 0.15) is 11.6 Å². The maximum atomic E-state index is 12.7. The monoisotopic (exact) mass is 292 g/mol. The summed E-state index contributed by atoms with van der Waals surface area (Å²) in [5.41, 5.74) is 3.51. The molecule has 1 aromatic carbocycles. The van der Waals surface area contributed by atoms with Crippen molar-refractivity contribution in [2.24, 2.45) is 5.84 Å². The van der Waals surface area contributed by atoms with E-state index in [-0.39, 0.29) is 11.9 Å². The normalized spacial score (nSPS) is 12.5. The van der Waals surface area contributed by atoms with Gasteiger partial charge < -0.3 is 0 Å². The van der Waals surface area contributed by atoms with E-state index in [1.807, 2.05) is 0 Å². The Bertz CT molecular complexity index is 314. The van der Waals surface area contributed by atoms with E-state index in [0.717, 1.165) is 9.13 Å². The molecule has 13 heavy (non-hydrogen) atoms. The van der Waals surface area contributed by atoms with Crippen LogP contribution in [0.3, 0.4) is 0 Å². The molecule has 1 rings (SSSR count). The van der Waals surface area contributed by atoms with Crippen LogP contribution in [0.25, 0.3) is 0 Å². The minimum atomic E-state index is -0.243. The highest BCUT2D eigenvalue weighted by Crippen LogP contribution is 2.20. The van der Waals surface area contributed by atoms with Gasteiger partial charge in [-0.2, -0.15) is 0 Å². The minimum Gasteiger partial charge on any atom is -0.271 e. The zero-order chi connectivity index (χ0) is 9.84. The molecule has 2 nitrogen and oxygen atoms in total. The molecule has 0 spiro atoms. The Morgan fingerprint density at radius 1 is 1.62 bits per heavy atom. The number of hydrogen-bond acceptors (Lipinski definition) is 2. The molecule has 0 aliphatic heterocycles. The van der Waals surface area contributed by atoms with Gasteiger partial charge in [-0.15, -0.1) is 6.58 Å². The van der Waals surface area contributed by atoms with Gasteiger partial charge in [-0.1, -0.05) is 12.1 Å². The molecule has 0 radical (unpaired) electrons. The summed E-state index contributed by atoms with van der Waals surface area (Å²) >= 11 is 2.06. The number of halogens is 2. The van der Waals surface area contributed by atoms with Gasteiger partial charge in [0.05, 0.1) is 6.04 Å². The molecule has 1 aromatic rings. The lowest BCUT2D eigenvalue weighted by Crippen LogP contribution is -2.26. The average molecular weight is 292 g/mol. The first-order valence-corrected chi connectivity index (χ1v) is 4.80. The van der Waals surface area contributed by atoms with Crippen LogP contribution in [0.15, 0.2) is 30.9 Å². The molecule has 4 heteroatoms. The second-order valence-corrected chi connectivity index (χ2v) is 3.71. The quantitative estimate of drug-likeness (QED) is 0.387. The Morgan fingerprint density at radius 3 is 2.77 bits per heavy atom. The molecular formula is C9H10FIN2. The molecule has 1 unspecified atom stereocenters. The third-order valence-electron chi connectivity index (χ3n) is 1.71. The molecular weight excluding hydrogens is 282 g/mol. The van der Waals surface area contributed by atoms with E-state index < -0.39 is 0 Å². The van der Waals surface area contributed by atoms with E-state index >= 15 is 0 Å². The summed E-state index contributed by atoms with van der Waals surface area (Å²) in [5, 5.41) is 0. The molecule has 0 amide bonds. The van der Waals surface area contributed by atoms with Crippen LogP contribution in [0.5, 0.6) is 0 Å². The number of rotatable bonds is 3. The Hall–Kier alpha value is -0.460. The van der Waals surface area contributed by atoms with E-state index in [1.54, 1.807) is 12.1 Å². The molecule has 0 heterocycles. The smallest absolute Gasteiger partial charge is 0.124 e. The van der Waals surface area contributed by atoms with Gasteiger partial charge in [-0.25, -0.2) is 9.82 Å². The summed E-state index contributed by atoms with van der Waals surface area (Å²) in [4.78, 5) is 0. The largest absolute Gasteiger partial charge is 0.271 e. The van der Waals surface area contributed by atoms with Crippen molar-refractivity contribution >= 4 is 22.6 Å². The van der Waals surface area contributed by atoms with E-state index in [4.69, 9.17) is 5.84 Å². The Morgan fingerprint density at radius 2 is 2.31 bits per heavy atom. The van der Waals surface area contributed by atoms with Crippen molar-refractivity contribution in [3.05, 3.63) is 45.8 Å². The molecule has 0 aromatic heterocycles. The van der Waals surface area contributed by atoms with Crippen molar-refractivity contribution in [3.8, 4) is 0 Å². The summed E-state index contributed by atoms with van der Waals surface area (Å²) in [6, 6.07) is 4.44. The second-order valence-electron chi connectivity index (χ2n) is 2.55. The van der Waals surface area contributed by atoms with E-state index in [1.165, 1.54) is 12.1 Å². The zero-order valence-corrected chi connectivity index (χ0v) is 9.08. The first-order chi connectivity index (χ1) is 6.19. The summed E-state index contributed by atoms with van der Waals surface area (Å²) < 4.78 is 13.6. The predicted octanol–water partition coefficient (Wildman–Crippen LogP) is 2.12. The van der Waals surface area contributed by atoms with Gasteiger partial charge in [0.25, 0.3) is 0 Å². The Labute approximate surface area is 90.1 Å². The van der Waals surface area contributed by atoms with Crippen molar-refractivity contribution in [2.45, 2.75) is 6.04 Å².